The van der Waals surface area contributed by atoms with Crippen LogP contribution in [0.25, 0.3) is 0 Å². The number of carbonyl (C=O) groups is 2. The minimum Gasteiger partial charge on any atom is -0.480 e. The molecular formula is C13H22N2O4S. The number of hydrogen-bond acceptors (Lipinski definition) is 3. The first kappa shape index (κ1) is 15.3. The van der Waals surface area contributed by atoms with Gasteiger partial charge in [0.15, 0.2) is 0 Å². The minimum atomic E-state index is -1.11. The van der Waals surface area contributed by atoms with E-state index in [0.29, 0.717) is 37.2 Å². The summed E-state index contributed by atoms with van der Waals surface area (Å²) in [5, 5.41) is 14.9. The molecular weight excluding hydrogens is 280 g/mol. The van der Waals surface area contributed by atoms with E-state index in [4.69, 9.17) is 0 Å². The predicted octanol–water partition coefficient (Wildman–Crippen LogP) is 0.984. The highest BCUT2D eigenvalue weighted by Crippen LogP contribution is 2.28. The van der Waals surface area contributed by atoms with Gasteiger partial charge in [-0.3, -0.25) is 4.21 Å². The van der Waals surface area contributed by atoms with Crippen LogP contribution in [0.1, 0.15) is 44.9 Å². The fourth-order valence-corrected chi connectivity index (χ4v) is 4.22. The molecule has 1 heterocycles. The normalized spacial score (nSPS) is 29.4. The second-order valence-corrected chi connectivity index (χ2v) is 7.36. The molecule has 1 saturated carbocycles. The monoisotopic (exact) mass is 302 g/mol. The van der Waals surface area contributed by atoms with Gasteiger partial charge in [-0.2, -0.15) is 0 Å². The third kappa shape index (κ3) is 3.71. The van der Waals surface area contributed by atoms with Gasteiger partial charge in [-0.15, -0.1) is 0 Å². The van der Waals surface area contributed by atoms with Crippen molar-refractivity contribution < 1.29 is 18.9 Å². The van der Waals surface area contributed by atoms with E-state index in [1.54, 1.807) is 0 Å². The minimum absolute atomic E-state index is 0.00198. The third-order valence-corrected chi connectivity index (χ3v) is 5.57. The van der Waals surface area contributed by atoms with Crippen molar-refractivity contribution in [1.29, 1.82) is 0 Å². The van der Waals surface area contributed by atoms with E-state index in [1.165, 1.54) is 0 Å². The van der Waals surface area contributed by atoms with Crippen LogP contribution in [-0.4, -0.2) is 44.4 Å². The summed E-state index contributed by atoms with van der Waals surface area (Å²) in [6.07, 6.45) is 5.05. The highest BCUT2D eigenvalue weighted by atomic mass is 32.2. The Bertz CT molecular complexity index is 397. The number of carbonyl (C=O) groups excluding carboxylic acids is 1. The van der Waals surface area contributed by atoms with Crippen molar-refractivity contribution >= 4 is 22.8 Å². The number of aliphatic carboxylic acids is 1. The smallest absolute Gasteiger partial charge is 0.329 e. The number of carboxylic acids is 1. The van der Waals surface area contributed by atoms with Gasteiger partial charge in [-0.05, 0) is 25.7 Å². The predicted molar refractivity (Wildman–Crippen MR) is 76.0 cm³/mol. The van der Waals surface area contributed by atoms with Gasteiger partial charge in [0.1, 0.15) is 5.54 Å². The summed E-state index contributed by atoms with van der Waals surface area (Å²) in [6.45, 7) is 0. The van der Waals surface area contributed by atoms with Gasteiger partial charge in [0.25, 0.3) is 0 Å². The molecule has 7 heteroatoms. The van der Waals surface area contributed by atoms with Crippen molar-refractivity contribution in [2.24, 2.45) is 0 Å². The molecule has 0 aromatic rings. The SMILES string of the molecule is O=C(NC1CCS(=O)CC1)NC1(C(=O)O)CCCCC1. The van der Waals surface area contributed by atoms with Gasteiger partial charge in [0, 0.05) is 28.3 Å². The van der Waals surface area contributed by atoms with Crippen LogP contribution in [0.4, 0.5) is 4.79 Å². The third-order valence-electron chi connectivity index (χ3n) is 4.19. The molecule has 3 N–H and O–H groups in total. The van der Waals surface area contributed by atoms with Crippen molar-refractivity contribution in [3.05, 3.63) is 0 Å². The second kappa shape index (κ2) is 6.56. The molecule has 0 atom stereocenters. The Balaban J connectivity index is 1.88. The van der Waals surface area contributed by atoms with Crippen LogP contribution in [0.2, 0.25) is 0 Å². The Kier molecular flexibility index (Phi) is 5.01. The average molecular weight is 302 g/mol. The second-order valence-electron chi connectivity index (χ2n) is 5.67. The van der Waals surface area contributed by atoms with Gasteiger partial charge in [-0.25, -0.2) is 9.59 Å². The highest BCUT2D eigenvalue weighted by Gasteiger charge is 2.41. The van der Waals surface area contributed by atoms with Crippen molar-refractivity contribution in [3.8, 4) is 0 Å². The van der Waals surface area contributed by atoms with Gasteiger partial charge >= 0.3 is 12.0 Å². The summed E-state index contributed by atoms with van der Waals surface area (Å²) < 4.78 is 11.3. The molecule has 2 fully saturated rings. The average Bonchev–Trinajstić information content (AvgIpc) is 2.42. The van der Waals surface area contributed by atoms with Gasteiger partial charge in [-0.1, -0.05) is 19.3 Å². The molecule has 0 aromatic heterocycles. The lowest BCUT2D eigenvalue weighted by Crippen LogP contribution is -2.59. The molecule has 1 aliphatic carbocycles. The number of rotatable bonds is 3. The van der Waals surface area contributed by atoms with Gasteiger partial charge in [0.05, 0.1) is 0 Å². The summed E-state index contributed by atoms with van der Waals surface area (Å²) in [4.78, 5) is 23.5. The topological polar surface area (TPSA) is 95.5 Å². The van der Waals surface area contributed by atoms with E-state index in [-0.39, 0.29) is 6.04 Å². The fraction of sp³-hybridized carbons (Fsp3) is 0.846. The molecule has 2 amide bonds. The van der Waals surface area contributed by atoms with E-state index < -0.39 is 28.3 Å². The summed E-state index contributed by atoms with van der Waals surface area (Å²) in [7, 11) is -0.763. The standard InChI is InChI=1S/C13H22N2O4S/c16-11(17)13(6-2-1-3-7-13)15-12(18)14-10-4-8-20(19)9-5-10/h10H,1-9H2,(H,16,17)(H2,14,15,18). The maximum absolute atomic E-state index is 12.0. The van der Waals surface area contributed by atoms with Gasteiger partial charge < -0.3 is 15.7 Å². The fourth-order valence-electron chi connectivity index (χ4n) is 2.92. The van der Waals surface area contributed by atoms with E-state index in [0.717, 1.165) is 19.3 Å². The molecule has 2 aliphatic rings. The largest absolute Gasteiger partial charge is 0.480 e. The molecule has 0 unspecified atom stereocenters. The number of amides is 2. The number of carboxylic acid groups (broad SMARTS) is 1. The Morgan fingerprint density at radius 3 is 2.25 bits per heavy atom. The van der Waals surface area contributed by atoms with Crippen LogP contribution >= 0.6 is 0 Å². The molecule has 6 nitrogen and oxygen atoms in total. The first-order valence-corrected chi connectivity index (χ1v) is 8.68. The number of urea groups is 1. The van der Waals surface area contributed by atoms with Crippen LogP contribution in [0.3, 0.4) is 0 Å². The molecule has 0 aromatic carbocycles. The molecule has 20 heavy (non-hydrogen) atoms. The lowest BCUT2D eigenvalue weighted by Gasteiger charge is -2.34. The van der Waals surface area contributed by atoms with E-state index in [9.17, 15) is 18.9 Å². The Hall–Kier alpha value is -1.11. The van der Waals surface area contributed by atoms with Crippen LogP contribution in [0.15, 0.2) is 0 Å². The lowest BCUT2D eigenvalue weighted by atomic mass is 9.82. The summed E-state index contributed by atoms with van der Waals surface area (Å²) >= 11 is 0. The van der Waals surface area contributed by atoms with Crippen molar-refractivity contribution in [2.45, 2.75) is 56.5 Å². The molecule has 0 bridgehead atoms. The van der Waals surface area contributed by atoms with E-state index in [1.807, 2.05) is 0 Å². The first-order valence-electron chi connectivity index (χ1n) is 7.19. The molecule has 114 valence electrons. The molecule has 0 spiro atoms. The van der Waals surface area contributed by atoms with E-state index >= 15 is 0 Å². The Morgan fingerprint density at radius 2 is 1.70 bits per heavy atom. The Morgan fingerprint density at radius 1 is 1.10 bits per heavy atom. The van der Waals surface area contributed by atoms with Crippen LogP contribution in [0, 0.1) is 0 Å². The first-order chi connectivity index (χ1) is 9.52. The van der Waals surface area contributed by atoms with Crippen LogP contribution in [-0.2, 0) is 15.6 Å². The molecule has 1 aliphatic heterocycles. The quantitative estimate of drug-likeness (QED) is 0.724. The summed E-state index contributed by atoms with van der Waals surface area (Å²) in [5.41, 5.74) is -1.11. The van der Waals surface area contributed by atoms with Gasteiger partial charge in [0.2, 0.25) is 0 Å². The van der Waals surface area contributed by atoms with Crippen molar-refractivity contribution in [2.75, 3.05) is 11.5 Å². The zero-order chi connectivity index (χ0) is 14.6. The molecule has 0 radical (unpaired) electrons. The zero-order valence-corrected chi connectivity index (χ0v) is 12.3. The van der Waals surface area contributed by atoms with Crippen LogP contribution in [0.5, 0.6) is 0 Å². The summed E-state index contributed by atoms with van der Waals surface area (Å²) in [5.74, 6) is 0.265. The maximum Gasteiger partial charge on any atom is 0.329 e. The van der Waals surface area contributed by atoms with E-state index in [2.05, 4.69) is 10.6 Å². The number of nitrogens with one attached hydrogen (secondary N) is 2. The molecule has 2 rings (SSSR count). The summed E-state index contributed by atoms with van der Waals surface area (Å²) in [6, 6.07) is -0.408. The lowest BCUT2D eigenvalue weighted by molar-refractivity contribution is -0.145. The maximum atomic E-state index is 12.0. The zero-order valence-electron chi connectivity index (χ0n) is 11.5. The van der Waals surface area contributed by atoms with Crippen LogP contribution < -0.4 is 10.6 Å². The number of hydrogen-bond donors (Lipinski definition) is 3. The van der Waals surface area contributed by atoms with Crippen molar-refractivity contribution in [3.63, 3.8) is 0 Å². The highest BCUT2D eigenvalue weighted by molar-refractivity contribution is 7.85. The van der Waals surface area contributed by atoms with Crippen molar-refractivity contribution in [1.82, 2.24) is 10.6 Å². The Labute approximate surface area is 121 Å². The molecule has 1 saturated heterocycles.